The zero-order valence-corrected chi connectivity index (χ0v) is 7.96. The maximum Gasteiger partial charge on any atom is 0.0952 e. The van der Waals surface area contributed by atoms with Crippen LogP contribution in [0.3, 0.4) is 0 Å². The molecule has 0 saturated heterocycles. The second-order valence-electron chi connectivity index (χ2n) is 3.19. The van der Waals surface area contributed by atoms with E-state index in [9.17, 15) is 0 Å². The van der Waals surface area contributed by atoms with Crippen LogP contribution in [0.5, 0.6) is 0 Å². The first-order chi connectivity index (χ1) is 6.79. The molecule has 0 atom stereocenters. The minimum absolute atomic E-state index is 0.0141. The Kier molecular flexibility index (Phi) is 2.32. The Labute approximate surface area is 81.6 Å². The van der Waals surface area contributed by atoms with Gasteiger partial charge in [-0.15, -0.1) is 0 Å². The Hall–Kier alpha value is -1.62. The Morgan fingerprint density at radius 2 is 2.29 bits per heavy atom. The van der Waals surface area contributed by atoms with E-state index in [0.717, 1.165) is 11.3 Å². The summed E-state index contributed by atoms with van der Waals surface area (Å²) in [6, 6.07) is 0. The lowest BCUT2D eigenvalue weighted by Gasteiger charge is -2.02. The van der Waals surface area contributed by atoms with Gasteiger partial charge in [0.05, 0.1) is 37.6 Å². The van der Waals surface area contributed by atoms with E-state index in [-0.39, 0.29) is 6.61 Å². The van der Waals surface area contributed by atoms with Crippen molar-refractivity contribution in [2.75, 3.05) is 0 Å². The van der Waals surface area contributed by atoms with Gasteiger partial charge in [-0.1, -0.05) is 0 Å². The van der Waals surface area contributed by atoms with E-state index >= 15 is 0 Å². The highest BCUT2D eigenvalue weighted by molar-refractivity contribution is 5.07. The van der Waals surface area contributed by atoms with E-state index in [1.807, 2.05) is 17.8 Å². The number of hydrogen-bond acceptors (Lipinski definition) is 3. The zero-order valence-electron chi connectivity index (χ0n) is 7.96. The molecule has 2 rings (SSSR count). The summed E-state index contributed by atoms with van der Waals surface area (Å²) in [6.45, 7) is 0.712. The second-order valence-corrected chi connectivity index (χ2v) is 3.19. The summed E-state index contributed by atoms with van der Waals surface area (Å²) in [5.41, 5.74) is 1.91. The van der Waals surface area contributed by atoms with E-state index in [4.69, 9.17) is 5.11 Å². The first kappa shape index (κ1) is 8.96. The molecule has 0 aliphatic carbocycles. The molecule has 14 heavy (non-hydrogen) atoms. The highest BCUT2D eigenvalue weighted by atomic mass is 16.3. The van der Waals surface area contributed by atoms with Crippen molar-refractivity contribution < 1.29 is 5.11 Å². The quantitative estimate of drug-likeness (QED) is 0.753. The predicted octanol–water partition coefficient (Wildman–Crippen LogP) is 0.157. The molecule has 0 aromatic carbocycles. The van der Waals surface area contributed by atoms with Crippen molar-refractivity contribution in [3.8, 4) is 0 Å². The average Bonchev–Trinajstić information content (AvgIpc) is 2.76. The molecule has 1 N–H and O–H groups in total. The molecule has 0 aliphatic heterocycles. The summed E-state index contributed by atoms with van der Waals surface area (Å²) in [6.07, 6.45) is 7.12. The van der Waals surface area contributed by atoms with E-state index in [2.05, 4.69) is 10.1 Å². The number of aromatic nitrogens is 4. The van der Waals surface area contributed by atoms with Gasteiger partial charge in [0.15, 0.2) is 0 Å². The van der Waals surface area contributed by atoms with Gasteiger partial charge in [-0.3, -0.25) is 4.68 Å². The number of imidazole rings is 1. The summed E-state index contributed by atoms with van der Waals surface area (Å²) >= 11 is 0. The Morgan fingerprint density at radius 1 is 1.43 bits per heavy atom. The van der Waals surface area contributed by atoms with Crippen molar-refractivity contribution in [3.05, 3.63) is 36.2 Å². The Morgan fingerprint density at radius 3 is 2.93 bits per heavy atom. The van der Waals surface area contributed by atoms with Gasteiger partial charge >= 0.3 is 0 Å². The van der Waals surface area contributed by atoms with Gasteiger partial charge in [-0.25, -0.2) is 4.98 Å². The fourth-order valence-electron chi connectivity index (χ4n) is 1.37. The van der Waals surface area contributed by atoms with E-state index in [1.165, 1.54) is 0 Å². The molecule has 0 amide bonds. The first-order valence-corrected chi connectivity index (χ1v) is 4.37. The largest absolute Gasteiger partial charge is 0.390 e. The maximum absolute atomic E-state index is 9.01. The van der Waals surface area contributed by atoms with Gasteiger partial charge in [-0.2, -0.15) is 5.10 Å². The van der Waals surface area contributed by atoms with E-state index in [1.54, 1.807) is 23.4 Å². The lowest BCUT2D eigenvalue weighted by Crippen LogP contribution is -2.02. The summed E-state index contributed by atoms with van der Waals surface area (Å²) in [4.78, 5) is 3.97. The van der Waals surface area contributed by atoms with Crippen LogP contribution < -0.4 is 0 Å². The number of hydrogen-bond donors (Lipinski definition) is 1. The molecule has 0 unspecified atom stereocenters. The van der Waals surface area contributed by atoms with Crippen LogP contribution in [0.1, 0.15) is 11.3 Å². The van der Waals surface area contributed by atoms with Crippen LogP contribution in [-0.4, -0.2) is 24.4 Å². The van der Waals surface area contributed by atoms with Crippen LogP contribution in [0.2, 0.25) is 0 Å². The smallest absolute Gasteiger partial charge is 0.0952 e. The van der Waals surface area contributed by atoms with Gasteiger partial charge in [0.25, 0.3) is 0 Å². The van der Waals surface area contributed by atoms with Gasteiger partial charge in [0.2, 0.25) is 0 Å². The first-order valence-electron chi connectivity index (χ1n) is 4.37. The summed E-state index contributed by atoms with van der Waals surface area (Å²) in [5, 5.41) is 13.1. The second kappa shape index (κ2) is 3.63. The van der Waals surface area contributed by atoms with Crippen molar-refractivity contribution in [1.29, 1.82) is 0 Å². The van der Waals surface area contributed by atoms with Crippen LogP contribution in [0, 0.1) is 0 Å². The molecule has 0 fully saturated rings. The summed E-state index contributed by atoms with van der Waals surface area (Å²) in [5.74, 6) is 0. The van der Waals surface area contributed by atoms with E-state index < -0.39 is 0 Å². The summed E-state index contributed by atoms with van der Waals surface area (Å²) in [7, 11) is 1.88. The fourth-order valence-corrected chi connectivity index (χ4v) is 1.37. The van der Waals surface area contributed by atoms with Gasteiger partial charge < -0.3 is 9.67 Å². The normalized spacial score (nSPS) is 10.7. The lowest BCUT2D eigenvalue weighted by molar-refractivity contribution is 0.271. The van der Waals surface area contributed by atoms with Crippen LogP contribution in [-0.2, 0) is 20.2 Å². The molecule has 0 radical (unpaired) electrons. The van der Waals surface area contributed by atoms with Crippen molar-refractivity contribution in [2.45, 2.75) is 13.2 Å². The number of nitrogens with zero attached hydrogens (tertiary/aromatic N) is 4. The Balaban J connectivity index is 2.18. The molecular formula is C9H12N4O. The molecule has 2 heterocycles. The minimum atomic E-state index is 0.0141. The van der Waals surface area contributed by atoms with Crippen molar-refractivity contribution in [1.82, 2.24) is 19.3 Å². The molecule has 5 heteroatoms. The SMILES string of the molecule is Cn1cc(Cn2cncc2CO)cn1. The van der Waals surface area contributed by atoms with Gasteiger partial charge in [0, 0.05) is 18.8 Å². The Bertz CT molecular complexity index is 418. The molecule has 0 aliphatic rings. The van der Waals surface area contributed by atoms with Crippen LogP contribution in [0.4, 0.5) is 0 Å². The van der Waals surface area contributed by atoms with Crippen molar-refractivity contribution in [3.63, 3.8) is 0 Å². The fraction of sp³-hybridized carbons (Fsp3) is 0.333. The molecule has 2 aromatic rings. The molecule has 0 saturated carbocycles. The highest BCUT2D eigenvalue weighted by Crippen LogP contribution is 2.04. The third kappa shape index (κ3) is 1.67. The molecule has 5 nitrogen and oxygen atoms in total. The van der Waals surface area contributed by atoms with Crippen LogP contribution in [0.15, 0.2) is 24.9 Å². The number of aryl methyl sites for hydroxylation is 1. The number of aliphatic hydroxyl groups excluding tert-OH is 1. The topological polar surface area (TPSA) is 55.9 Å². The van der Waals surface area contributed by atoms with Gasteiger partial charge in [0.1, 0.15) is 0 Å². The molecular weight excluding hydrogens is 180 g/mol. The summed E-state index contributed by atoms with van der Waals surface area (Å²) < 4.78 is 3.65. The number of rotatable bonds is 3. The van der Waals surface area contributed by atoms with Gasteiger partial charge in [-0.05, 0) is 0 Å². The van der Waals surface area contributed by atoms with Crippen molar-refractivity contribution in [2.24, 2.45) is 7.05 Å². The lowest BCUT2D eigenvalue weighted by atomic mass is 10.3. The monoisotopic (exact) mass is 192 g/mol. The van der Waals surface area contributed by atoms with Crippen LogP contribution in [0.25, 0.3) is 0 Å². The minimum Gasteiger partial charge on any atom is -0.390 e. The number of aliphatic hydroxyl groups is 1. The molecule has 0 spiro atoms. The van der Waals surface area contributed by atoms with Crippen molar-refractivity contribution >= 4 is 0 Å². The van der Waals surface area contributed by atoms with Crippen LogP contribution >= 0.6 is 0 Å². The molecule has 74 valence electrons. The van der Waals surface area contributed by atoms with E-state index in [0.29, 0.717) is 6.54 Å². The maximum atomic E-state index is 9.01. The third-order valence-corrected chi connectivity index (χ3v) is 2.07. The zero-order chi connectivity index (χ0) is 9.97. The highest BCUT2D eigenvalue weighted by Gasteiger charge is 2.02. The average molecular weight is 192 g/mol. The predicted molar refractivity (Wildman–Crippen MR) is 50.5 cm³/mol. The molecule has 0 bridgehead atoms. The molecule has 2 aromatic heterocycles. The third-order valence-electron chi connectivity index (χ3n) is 2.07. The standard InChI is InChI=1S/C9H12N4O/c1-12-4-8(2-11-12)5-13-7-10-3-9(13)6-14/h2-4,7,14H,5-6H2,1H3.